The fraction of sp³-hybridized carbons (Fsp3) is 0.889. The fourth-order valence-corrected chi connectivity index (χ4v) is 0.802. The van der Waals surface area contributed by atoms with Crippen molar-refractivity contribution in [2.45, 2.75) is 45.3 Å². The van der Waals surface area contributed by atoms with Crippen molar-refractivity contribution in [3.8, 4) is 0 Å². The molecule has 0 saturated carbocycles. The van der Waals surface area contributed by atoms with Crippen molar-refractivity contribution in [1.82, 2.24) is 5.32 Å². The zero-order valence-electron chi connectivity index (χ0n) is 8.45. The molecule has 14 heavy (non-hydrogen) atoms. The standard InChI is InChI=1S/C9H16F3NO/c1-3-7(2)13-6-8(14)4-5-9(10,11)12/h7,13H,3-6H2,1-2H3. The number of alkyl halides is 3. The molecule has 0 radical (unpaired) electrons. The van der Waals surface area contributed by atoms with Crippen LogP contribution in [0.15, 0.2) is 0 Å². The lowest BCUT2D eigenvalue weighted by Gasteiger charge is -2.10. The highest BCUT2D eigenvalue weighted by Gasteiger charge is 2.27. The van der Waals surface area contributed by atoms with Crippen LogP contribution in [-0.2, 0) is 4.79 Å². The van der Waals surface area contributed by atoms with Gasteiger partial charge < -0.3 is 5.32 Å². The van der Waals surface area contributed by atoms with Gasteiger partial charge in [-0.2, -0.15) is 13.2 Å². The van der Waals surface area contributed by atoms with Gasteiger partial charge in [0.05, 0.1) is 13.0 Å². The van der Waals surface area contributed by atoms with Gasteiger partial charge in [0.15, 0.2) is 0 Å². The highest BCUT2D eigenvalue weighted by Crippen LogP contribution is 2.21. The lowest BCUT2D eigenvalue weighted by Crippen LogP contribution is -2.31. The van der Waals surface area contributed by atoms with Crippen LogP contribution >= 0.6 is 0 Å². The molecule has 0 rings (SSSR count). The fourth-order valence-electron chi connectivity index (χ4n) is 0.802. The van der Waals surface area contributed by atoms with Crippen molar-refractivity contribution in [3.63, 3.8) is 0 Å². The first-order valence-electron chi connectivity index (χ1n) is 4.67. The quantitative estimate of drug-likeness (QED) is 0.730. The molecule has 0 aliphatic rings. The Morgan fingerprint density at radius 2 is 2.00 bits per heavy atom. The third kappa shape index (κ3) is 8.04. The van der Waals surface area contributed by atoms with E-state index < -0.39 is 19.0 Å². The van der Waals surface area contributed by atoms with E-state index in [-0.39, 0.29) is 18.4 Å². The summed E-state index contributed by atoms with van der Waals surface area (Å²) in [5.74, 6) is -0.386. The Morgan fingerprint density at radius 1 is 1.43 bits per heavy atom. The Bertz CT molecular complexity index is 179. The number of carbonyl (C=O) groups is 1. The highest BCUT2D eigenvalue weighted by atomic mass is 19.4. The minimum absolute atomic E-state index is 0.0328. The zero-order chi connectivity index (χ0) is 11.2. The van der Waals surface area contributed by atoms with E-state index in [1.807, 2.05) is 13.8 Å². The highest BCUT2D eigenvalue weighted by molar-refractivity contribution is 5.80. The summed E-state index contributed by atoms with van der Waals surface area (Å²) in [4.78, 5) is 10.9. The number of rotatable bonds is 6. The van der Waals surface area contributed by atoms with Gasteiger partial charge in [0.2, 0.25) is 0 Å². The Morgan fingerprint density at radius 3 is 2.43 bits per heavy atom. The summed E-state index contributed by atoms with van der Waals surface area (Å²) in [6.45, 7) is 3.86. The Labute approximate surface area is 81.9 Å². The molecule has 0 aromatic carbocycles. The van der Waals surface area contributed by atoms with Crippen LogP contribution < -0.4 is 5.32 Å². The van der Waals surface area contributed by atoms with Crippen LogP contribution in [0.5, 0.6) is 0 Å². The second-order valence-corrected chi connectivity index (χ2v) is 3.34. The molecule has 84 valence electrons. The van der Waals surface area contributed by atoms with E-state index in [1.54, 1.807) is 0 Å². The number of nitrogens with one attached hydrogen (secondary N) is 1. The zero-order valence-corrected chi connectivity index (χ0v) is 8.45. The van der Waals surface area contributed by atoms with Crippen molar-refractivity contribution in [2.75, 3.05) is 6.54 Å². The largest absolute Gasteiger partial charge is 0.389 e. The molecule has 0 fully saturated rings. The predicted octanol–water partition coefficient (Wildman–Crippen LogP) is 2.29. The molecule has 1 unspecified atom stereocenters. The van der Waals surface area contributed by atoms with E-state index in [0.29, 0.717) is 0 Å². The number of hydrogen-bond acceptors (Lipinski definition) is 2. The molecule has 2 nitrogen and oxygen atoms in total. The van der Waals surface area contributed by atoms with E-state index in [4.69, 9.17) is 0 Å². The van der Waals surface area contributed by atoms with Crippen LogP contribution in [0.25, 0.3) is 0 Å². The first-order valence-corrected chi connectivity index (χ1v) is 4.67. The van der Waals surface area contributed by atoms with E-state index in [1.165, 1.54) is 0 Å². The molecule has 0 spiro atoms. The van der Waals surface area contributed by atoms with Gasteiger partial charge in [-0.15, -0.1) is 0 Å². The third-order valence-corrected chi connectivity index (χ3v) is 1.95. The number of Topliss-reactive ketones (excluding diaryl/α,β-unsaturated/α-hetero) is 1. The van der Waals surface area contributed by atoms with E-state index in [2.05, 4.69) is 5.32 Å². The molecule has 0 amide bonds. The molecular weight excluding hydrogens is 195 g/mol. The number of carbonyl (C=O) groups excluding carboxylic acids is 1. The lowest BCUT2D eigenvalue weighted by atomic mass is 10.2. The molecule has 0 saturated heterocycles. The molecule has 5 heteroatoms. The number of hydrogen-bond donors (Lipinski definition) is 1. The molecular formula is C9H16F3NO. The van der Waals surface area contributed by atoms with Gasteiger partial charge in [-0.25, -0.2) is 0 Å². The van der Waals surface area contributed by atoms with Crippen molar-refractivity contribution >= 4 is 5.78 Å². The van der Waals surface area contributed by atoms with E-state index in [9.17, 15) is 18.0 Å². The van der Waals surface area contributed by atoms with E-state index >= 15 is 0 Å². The minimum Gasteiger partial charge on any atom is -0.308 e. The summed E-state index contributed by atoms with van der Waals surface area (Å²) in [6.07, 6.45) is -4.82. The summed E-state index contributed by atoms with van der Waals surface area (Å²) in [6, 6.07) is 0.171. The second-order valence-electron chi connectivity index (χ2n) is 3.34. The van der Waals surface area contributed by atoms with Crippen molar-refractivity contribution in [1.29, 1.82) is 0 Å². The van der Waals surface area contributed by atoms with Crippen LogP contribution in [-0.4, -0.2) is 24.5 Å². The molecule has 0 aliphatic carbocycles. The average Bonchev–Trinajstić information content (AvgIpc) is 2.09. The maximum absolute atomic E-state index is 11.7. The van der Waals surface area contributed by atoms with Gasteiger partial charge in [-0.05, 0) is 13.3 Å². The van der Waals surface area contributed by atoms with Gasteiger partial charge in [-0.1, -0.05) is 6.92 Å². The lowest BCUT2D eigenvalue weighted by molar-refractivity contribution is -0.142. The summed E-state index contributed by atoms with van der Waals surface area (Å²) in [5.41, 5.74) is 0. The van der Waals surface area contributed by atoms with Gasteiger partial charge in [0.25, 0.3) is 0 Å². The van der Waals surface area contributed by atoms with Crippen LogP contribution in [0, 0.1) is 0 Å². The molecule has 0 heterocycles. The average molecular weight is 211 g/mol. The van der Waals surface area contributed by atoms with Gasteiger partial charge in [0, 0.05) is 12.5 Å². The van der Waals surface area contributed by atoms with Gasteiger partial charge in [0.1, 0.15) is 5.78 Å². The normalized spacial score (nSPS) is 14.1. The summed E-state index contributed by atoms with van der Waals surface area (Å²) < 4.78 is 35.1. The topological polar surface area (TPSA) is 29.1 Å². The second kappa shape index (κ2) is 6.01. The Hall–Kier alpha value is -0.580. The van der Waals surface area contributed by atoms with Crippen LogP contribution in [0.2, 0.25) is 0 Å². The Balaban J connectivity index is 3.57. The minimum atomic E-state index is -4.23. The van der Waals surface area contributed by atoms with Gasteiger partial charge in [-0.3, -0.25) is 4.79 Å². The molecule has 0 bridgehead atoms. The smallest absolute Gasteiger partial charge is 0.308 e. The van der Waals surface area contributed by atoms with Crippen molar-refractivity contribution in [2.24, 2.45) is 0 Å². The molecule has 0 aliphatic heterocycles. The molecule has 0 aromatic rings. The van der Waals surface area contributed by atoms with Gasteiger partial charge >= 0.3 is 6.18 Å². The summed E-state index contributed by atoms with van der Waals surface area (Å²) in [7, 11) is 0. The molecule has 1 N–H and O–H groups in total. The monoisotopic (exact) mass is 211 g/mol. The first kappa shape index (κ1) is 13.4. The van der Waals surface area contributed by atoms with Crippen LogP contribution in [0.3, 0.4) is 0 Å². The van der Waals surface area contributed by atoms with Crippen molar-refractivity contribution in [3.05, 3.63) is 0 Å². The third-order valence-electron chi connectivity index (χ3n) is 1.95. The van der Waals surface area contributed by atoms with E-state index in [0.717, 1.165) is 6.42 Å². The predicted molar refractivity (Wildman–Crippen MR) is 48.1 cm³/mol. The van der Waals surface area contributed by atoms with Crippen LogP contribution in [0.4, 0.5) is 13.2 Å². The SMILES string of the molecule is CCC(C)NCC(=O)CCC(F)(F)F. The van der Waals surface area contributed by atoms with Crippen molar-refractivity contribution < 1.29 is 18.0 Å². The molecule has 1 atom stereocenters. The summed E-state index contributed by atoms with van der Waals surface area (Å²) in [5, 5.41) is 2.85. The maximum atomic E-state index is 11.7. The number of halogens is 3. The maximum Gasteiger partial charge on any atom is 0.389 e. The Kier molecular flexibility index (Phi) is 5.76. The first-order chi connectivity index (χ1) is 6.35. The molecule has 0 aromatic heterocycles. The summed E-state index contributed by atoms with van der Waals surface area (Å²) >= 11 is 0. The number of ketones is 1. The van der Waals surface area contributed by atoms with Crippen LogP contribution in [0.1, 0.15) is 33.1 Å².